The van der Waals surface area contributed by atoms with Gasteiger partial charge in [-0.15, -0.1) is 0 Å². The van der Waals surface area contributed by atoms with Gasteiger partial charge in [-0.25, -0.2) is 22.7 Å². The van der Waals surface area contributed by atoms with Gasteiger partial charge in [0.1, 0.15) is 5.70 Å². The van der Waals surface area contributed by atoms with Crippen LogP contribution in [0.25, 0.3) is 0 Å². The Morgan fingerprint density at radius 1 is 1.03 bits per heavy atom. The monoisotopic (exact) mass is 420 g/mol. The average molecular weight is 420 g/mol. The number of hydrogen-bond acceptors (Lipinski definition) is 7. The van der Waals surface area contributed by atoms with E-state index in [2.05, 4.69) is 4.72 Å². The van der Waals surface area contributed by atoms with Crippen molar-refractivity contribution in [2.75, 3.05) is 25.7 Å². The summed E-state index contributed by atoms with van der Waals surface area (Å²) in [5, 5.41) is 0. The lowest BCUT2D eigenvalue weighted by Crippen LogP contribution is -2.28. The van der Waals surface area contributed by atoms with Gasteiger partial charge in [0.25, 0.3) is 0 Å². The normalized spacial score (nSPS) is 14.2. The maximum atomic E-state index is 12.4. The minimum atomic E-state index is -3.65. The van der Waals surface area contributed by atoms with Crippen LogP contribution < -0.4 is 9.62 Å². The van der Waals surface area contributed by atoms with Gasteiger partial charge in [-0.3, -0.25) is 0 Å². The summed E-state index contributed by atoms with van der Waals surface area (Å²) in [5.41, 5.74) is 0.437. The first kappa shape index (κ1) is 22.4. The molecule has 0 saturated carbocycles. The molecule has 1 heterocycles. The van der Waals surface area contributed by atoms with E-state index in [1.165, 1.54) is 49.5 Å². The molecule has 8 nitrogen and oxygen atoms in total. The van der Waals surface area contributed by atoms with E-state index in [-0.39, 0.29) is 22.1 Å². The lowest BCUT2D eigenvalue weighted by Gasteiger charge is -2.23. The van der Waals surface area contributed by atoms with Crippen molar-refractivity contribution >= 4 is 27.6 Å². The summed E-state index contributed by atoms with van der Waals surface area (Å²) >= 11 is 0. The predicted octanol–water partition coefficient (Wildman–Crippen LogP) is 2.11. The first-order chi connectivity index (χ1) is 13.7. The van der Waals surface area contributed by atoms with Gasteiger partial charge in [0, 0.05) is 18.4 Å². The Balaban J connectivity index is 2.46. The average Bonchev–Trinajstić information content (AvgIpc) is 2.94. The molecule has 156 valence electrons. The van der Waals surface area contributed by atoms with Gasteiger partial charge in [0.15, 0.2) is 0 Å². The fourth-order valence-corrected chi connectivity index (χ4v) is 3.72. The molecule has 0 amide bonds. The Morgan fingerprint density at radius 2 is 1.66 bits per heavy atom. The summed E-state index contributed by atoms with van der Waals surface area (Å²) in [4.78, 5) is 26.1. The van der Waals surface area contributed by atoms with Crippen molar-refractivity contribution in [3.8, 4) is 0 Å². The molecule has 0 atom stereocenters. The number of anilines is 1. The molecule has 0 aromatic heterocycles. The number of benzene rings is 1. The molecule has 0 fully saturated rings. The molecule has 29 heavy (non-hydrogen) atoms. The van der Waals surface area contributed by atoms with Gasteiger partial charge in [-0.05, 0) is 42.3 Å². The Kier molecular flexibility index (Phi) is 7.35. The fourth-order valence-electron chi connectivity index (χ4n) is 2.51. The van der Waals surface area contributed by atoms with Crippen LogP contribution in [0, 0.1) is 5.92 Å². The zero-order valence-electron chi connectivity index (χ0n) is 16.7. The quantitative estimate of drug-likeness (QED) is 0.674. The molecule has 1 N–H and O–H groups in total. The second kappa shape index (κ2) is 9.53. The summed E-state index contributed by atoms with van der Waals surface area (Å²) in [7, 11) is -1.23. The summed E-state index contributed by atoms with van der Waals surface area (Å²) in [6.45, 7) is 4.14. The predicted molar refractivity (Wildman–Crippen MR) is 108 cm³/mol. The Morgan fingerprint density at radius 3 is 2.21 bits per heavy atom. The van der Waals surface area contributed by atoms with Crippen LogP contribution in [-0.4, -0.2) is 41.1 Å². The van der Waals surface area contributed by atoms with Gasteiger partial charge in [0.2, 0.25) is 10.0 Å². The number of ether oxygens (including phenoxy) is 2. The van der Waals surface area contributed by atoms with Crippen molar-refractivity contribution in [2.45, 2.75) is 18.7 Å². The minimum Gasteiger partial charge on any atom is -0.465 e. The number of carbonyl (C=O) groups excluding carboxylic acids is 2. The molecule has 0 bridgehead atoms. The van der Waals surface area contributed by atoms with Crippen LogP contribution in [0.5, 0.6) is 0 Å². The second-order valence-electron chi connectivity index (χ2n) is 6.56. The van der Waals surface area contributed by atoms with E-state index in [1.54, 1.807) is 18.4 Å². The summed E-state index contributed by atoms with van der Waals surface area (Å²) in [6.07, 6.45) is 6.24. The Labute approximate surface area is 170 Å². The van der Waals surface area contributed by atoms with Gasteiger partial charge in [-0.2, -0.15) is 0 Å². The molecule has 0 aliphatic carbocycles. The highest BCUT2D eigenvalue weighted by molar-refractivity contribution is 7.89. The first-order valence-corrected chi connectivity index (χ1v) is 10.3. The van der Waals surface area contributed by atoms with Gasteiger partial charge in [-0.1, -0.05) is 19.9 Å². The first-order valence-electron chi connectivity index (χ1n) is 8.86. The number of allylic oxidation sites excluding steroid dienone is 2. The van der Waals surface area contributed by atoms with Crippen molar-refractivity contribution in [3.05, 3.63) is 60.0 Å². The number of nitrogens with one attached hydrogen (secondary N) is 1. The highest BCUT2D eigenvalue weighted by Crippen LogP contribution is 2.27. The van der Waals surface area contributed by atoms with E-state index in [1.807, 2.05) is 13.8 Å². The molecule has 0 saturated heterocycles. The lowest BCUT2D eigenvalue weighted by atomic mass is 10.1. The zero-order chi connectivity index (χ0) is 21.6. The van der Waals surface area contributed by atoms with Crippen LogP contribution in [0.3, 0.4) is 0 Å². The molecule has 1 aromatic rings. The summed E-state index contributed by atoms with van der Waals surface area (Å²) in [5.74, 6) is -1.27. The molecular weight excluding hydrogens is 396 g/mol. The van der Waals surface area contributed by atoms with E-state index < -0.39 is 22.0 Å². The molecule has 1 aromatic carbocycles. The topological polar surface area (TPSA) is 102 Å². The number of nitrogens with zero attached hydrogens (tertiary/aromatic N) is 1. The third kappa shape index (κ3) is 5.33. The summed E-state index contributed by atoms with van der Waals surface area (Å²) in [6, 6.07) is 5.93. The number of hydrogen-bond donors (Lipinski definition) is 1. The maximum Gasteiger partial charge on any atom is 0.355 e. The molecule has 0 spiro atoms. The number of sulfonamides is 1. The lowest BCUT2D eigenvalue weighted by molar-refractivity contribution is -0.139. The third-order valence-electron chi connectivity index (χ3n) is 4.00. The SMILES string of the molecule is COC(=O)C1=C(C(=O)OC)N(c2ccc(S(=O)(=O)NCC(C)C)cc2)C=CC=C1. The third-order valence-corrected chi connectivity index (χ3v) is 5.44. The largest absolute Gasteiger partial charge is 0.465 e. The van der Waals surface area contributed by atoms with Crippen molar-refractivity contribution < 1.29 is 27.5 Å². The zero-order valence-corrected chi connectivity index (χ0v) is 17.5. The van der Waals surface area contributed by atoms with Crippen LogP contribution in [0.2, 0.25) is 0 Å². The molecule has 9 heteroatoms. The number of methoxy groups -OCH3 is 2. The molecule has 1 aliphatic heterocycles. The van der Waals surface area contributed by atoms with Crippen molar-refractivity contribution in [2.24, 2.45) is 5.92 Å². The van der Waals surface area contributed by atoms with Crippen molar-refractivity contribution in [1.82, 2.24) is 4.72 Å². The molecule has 0 unspecified atom stereocenters. The number of rotatable bonds is 7. The van der Waals surface area contributed by atoms with Crippen molar-refractivity contribution in [1.29, 1.82) is 0 Å². The van der Waals surface area contributed by atoms with Crippen LogP contribution in [0.4, 0.5) is 5.69 Å². The van der Waals surface area contributed by atoms with Crippen LogP contribution in [0.1, 0.15) is 13.8 Å². The van der Waals surface area contributed by atoms with E-state index in [4.69, 9.17) is 9.47 Å². The Bertz CT molecular complexity index is 959. The number of carbonyl (C=O) groups is 2. The summed E-state index contributed by atoms with van der Waals surface area (Å²) < 4.78 is 36.9. The molecule has 0 radical (unpaired) electrons. The van der Waals surface area contributed by atoms with Crippen molar-refractivity contribution in [3.63, 3.8) is 0 Å². The van der Waals surface area contributed by atoms with Gasteiger partial charge in [0.05, 0.1) is 24.7 Å². The minimum absolute atomic E-state index is 0.0136. The highest BCUT2D eigenvalue weighted by Gasteiger charge is 2.27. The second-order valence-corrected chi connectivity index (χ2v) is 8.32. The molecule has 1 aliphatic rings. The van der Waals surface area contributed by atoms with Crippen LogP contribution >= 0.6 is 0 Å². The van der Waals surface area contributed by atoms with Gasteiger partial charge < -0.3 is 14.4 Å². The highest BCUT2D eigenvalue weighted by atomic mass is 32.2. The fraction of sp³-hybridized carbons (Fsp3) is 0.300. The van der Waals surface area contributed by atoms with E-state index in [0.29, 0.717) is 12.2 Å². The van der Waals surface area contributed by atoms with Crippen LogP contribution in [-0.2, 0) is 29.1 Å². The number of esters is 2. The Hall–Kier alpha value is -2.91. The maximum absolute atomic E-state index is 12.4. The van der Waals surface area contributed by atoms with E-state index >= 15 is 0 Å². The van der Waals surface area contributed by atoms with Gasteiger partial charge >= 0.3 is 11.9 Å². The van der Waals surface area contributed by atoms with E-state index in [0.717, 1.165) is 0 Å². The van der Waals surface area contributed by atoms with Crippen LogP contribution in [0.15, 0.2) is 64.9 Å². The van der Waals surface area contributed by atoms with E-state index in [9.17, 15) is 18.0 Å². The molecular formula is C20H24N2O6S. The standard InChI is InChI=1S/C20H24N2O6S/c1-14(2)13-21-29(25,26)16-10-8-15(9-11-16)22-12-6-5-7-17(19(23)27-3)18(22)20(24)28-4/h5-12,14,21H,13H2,1-4H3. The smallest absolute Gasteiger partial charge is 0.355 e. The molecule has 2 rings (SSSR count).